The Balaban J connectivity index is 0.00000306. The predicted molar refractivity (Wildman–Crippen MR) is 117 cm³/mol. The van der Waals surface area contributed by atoms with Crippen LogP contribution < -0.4 is 14.8 Å². The van der Waals surface area contributed by atoms with Gasteiger partial charge in [-0.1, -0.05) is 13.0 Å². The predicted octanol–water partition coefficient (Wildman–Crippen LogP) is 3.98. The number of ether oxygens (including phenoxy) is 1. The fraction of sp³-hybridized carbons (Fsp3) is 0.190. The van der Waals surface area contributed by atoms with Gasteiger partial charge in [0.1, 0.15) is 5.75 Å². The number of nitrogens with one attached hydrogen (secondary N) is 2. The van der Waals surface area contributed by atoms with E-state index in [0.717, 1.165) is 12.3 Å². The van der Waals surface area contributed by atoms with E-state index in [0.29, 0.717) is 0 Å². The van der Waals surface area contributed by atoms with Crippen molar-refractivity contribution in [1.29, 1.82) is 0 Å². The third kappa shape index (κ3) is 5.77. The number of aromatic nitrogens is 1. The Hall–Kier alpha value is -3.67. The molecule has 2 amide bonds. The molecule has 0 radical (unpaired) electrons. The number of amides is 2. The Morgan fingerprint density at radius 2 is 1.76 bits per heavy atom. The van der Waals surface area contributed by atoms with Crippen molar-refractivity contribution in [2.45, 2.75) is 24.4 Å². The molecule has 0 saturated heterocycles. The van der Waals surface area contributed by atoms with Crippen molar-refractivity contribution in [3.63, 3.8) is 0 Å². The summed E-state index contributed by atoms with van der Waals surface area (Å²) in [5.41, 5.74) is -0.960. The van der Waals surface area contributed by atoms with Gasteiger partial charge in [0.15, 0.2) is 6.61 Å². The second-order valence-corrected chi connectivity index (χ2v) is 8.43. The van der Waals surface area contributed by atoms with Crippen LogP contribution in [-0.4, -0.2) is 31.8 Å². The monoisotopic (exact) mass is 485 g/mol. The average Bonchev–Trinajstić information content (AvgIpc) is 2.76. The molecule has 12 heteroatoms. The molecule has 1 aromatic heterocycles. The van der Waals surface area contributed by atoms with E-state index in [1.165, 1.54) is 49.4 Å². The van der Waals surface area contributed by atoms with Crippen LogP contribution >= 0.6 is 0 Å². The molecular formula is C21H22F3N3O5S. The number of pyridine rings is 1. The third-order valence-corrected chi connectivity index (χ3v) is 5.80. The van der Waals surface area contributed by atoms with E-state index in [-0.39, 0.29) is 36.5 Å². The first kappa shape index (κ1) is 24.0. The number of sulfonamides is 1. The second-order valence-electron chi connectivity index (χ2n) is 6.75. The maximum atomic E-state index is 13.2. The molecule has 8 nitrogen and oxygen atoms in total. The maximum Gasteiger partial charge on any atom is 0.418 e. The Bertz CT molecular complexity index is 1300. The molecule has 33 heavy (non-hydrogen) atoms. The Kier molecular flexibility index (Phi) is 6.86. The Labute approximate surface area is 189 Å². The van der Waals surface area contributed by atoms with E-state index in [1.807, 2.05) is 4.72 Å². The first-order valence-corrected chi connectivity index (χ1v) is 11.0. The van der Waals surface area contributed by atoms with Crippen molar-refractivity contribution < 1.29 is 38.8 Å². The molecule has 0 aliphatic carbocycles. The van der Waals surface area contributed by atoms with Crippen LogP contribution in [0.2, 0.25) is 0 Å². The number of nitrogens with zero attached hydrogens (tertiary/aromatic N) is 1. The first-order chi connectivity index (χ1) is 15.5. The van der Waals surface area contributed by atoms with Crippen molar-refractivity contribution >= 4 is 38.4 Å². The van der Waals surface area contributed by atoms with Gasteiger partial charge in [-0.15, -0.1) is 0 Å². The highest BCUT2D eigenvalue weighted by atomic mass is 32.2. The van der Waals surface area contributed by atoms with E-state index in [2.05, 4.69) is 10.3 Å². The Morgan fingerprint density at radius 3 is 2.39 bits per heavy atom. The number of fused-ring (bicyclic) bond motifs is 1. The lowest BCUT2D eigenvalue weighted by Crippen LogP contribution is -2.29. The van der Waals surface area contributed by atoms with Crippen molar-refractivity contribution in [3.8, 4) is 5.75 Å². The summed E-state index contributed by atoms with van der Waals surface area (Å²) in [6, 6.07) is 9.93. The molecule has 0 fully saturated rings. The number of benzene rings is 2. The highest BCUT2D eigenvalue weighted by molar-refractivity contribution is 7.90. The molecule has 3 aromatic rings. The lowest BCUT2D eigenvalue weighted by atomic mass is 10.1. The van der Waals surface area contributed by atoms with Crippen LogP contribution in [0.3, 0.4) is 0 Å². The number of halogens is 3. The number of anilines is 1. The van der Waals surface area contributed by atoms with E-state index < -0.39 is 40.2 Å². The minimum atomic E-state index is -4.60. The highest BCUT2D eigenvalue weighted by Gasteiger charge is 2.33. The van der Waals surface area contributed by atoms with E-state index in [4.69, 9.17) is 4.74 Å². The van der Waals surface area contributed by atoms with Gasteiger partial charge < -0.3 is 10.1 Å². The highest BCUT2D eigenvalue weighted by Crippen LogP contribution is 2.36. The van der Waals surface area contributed by atoms with Crippen LogP contribution in [0.25, 0.3) is 10.9 Å². The van der Waals surface area contributed by atoms with E-state index in [9.17, 15) is 31.2 Å². The summed E-state index contributed by atoms with van der Waals surface area (Å²) in [6.07, 6.45) is -3.44. The lowest BCUT2D eigenvalue weighted by Gasteiger charge is -2.13. The zero-order valence-electron chi connectivity index (χ0n) is 17.1. The quantitative estimate of drug-likeness (QED) is 0.523. The van der Waals surface area contributed by atoms with Crippen LogP contribution in [0.1, 0.15) is 21.8 Å². The molecule has 3 rings (SSSR count). The molecule has 0 unspecified atom stereocenters. The molecule has 178 valence electrons. The zero-order chi connectivity index (χ0) is 24.2. The van der Waals surface area contributed by atoms with Crippen molar-refractivity contribution in [3.05, 3.63) is 60.3 Å². The van der Waals surface area contributed by atoms with E-state index in [1.54, 1.807) is 0 Å². The van der Waals surface area contributed by atoms with Gasteiger partial charge in [-0.3, -0.25) is 14.6 Å². The van der Waals surface area contributed by atoms with Gasteiger partial charge in [0, 0.05) is 26.5 Å². The smallest absolute Gasteiger partial charge is 0.418 e. The number of para-hydroxylation sites is 1. The molecule has 0 atom stereocenters. The third-order valence-electron chi connectivity index (χ3n) is 4.41. The fourth-order valence-corrected chi connectivity index (χ4v) is 3.90. The number of carbonyl (C=O) groups is 2. The van der Waals surface area contributed by atoms with Gasteiger partial charge in [-0.25, -0.2) is 13.1 Å². The second kappa shape index (κ2) is 9.45. The van der Waals surface area contributed by atoms with E-state index >= 15 is 0 Å². The van der Waals surface area contributed by atoms with Crippen LogP contribution in [-0.2, 0) is 25.8 Å². The van der Waals surface area contributed by atoms with Gasteiger partial charge in [0.25, 0.3) is 15.9 Å². The largest absolute Gasteiger partial charge is 0.483 e. The molecule has 0 saturated carbocycles. The number of alkyl halides is 3. The van der Waals surface area contributed by atoms with Gasteiger partial charge in [-0.2, -0.15) is 13.2 Å². The number of rotatable bonds is 7. The average molecular weight is 485 g/mol. The van der Waals surface area contributed by atoms with Gasteiger partial charge in [0.05, 0.1) is 16.0 Å². The van der Waals surface area contributed by atoms with Gasteiger partial charge >= 0.3 is 6.18 Å². The summed E-state index contributed by atoms with van der Waals surface area (Å²) in [6.45, 7) is 0.998. The van der Waals surface area contributed by atoms with Gasteiger partial charge in [-0.05, 0) is 42.5 Å². The SMILES string of the molecule is CCC(=O)NS(=O)(=O)c1ccc(NC(=O)COc2ccnc3c(C(F)(F)F)cccc23)cc1.[HH].[HH]. The standard InChI is InChI=1S/C21H18F3N3O5S.2H2/c1-2-18(28)27-33(30,31)14-8-6-13(7-9-14)26-19(29)12-32-17-10-11-25-20-15(17)4-3-5-16(20)21(22,23)24;;/h3-11H,2,12H2,1H3,(H,26,29)(H,27,28);2*1H. The molecule has 2 aromatic carbocycles. The van der Waals surface area contributed by atoms with Gasteiger partial charge in [0.2, 0.25) is 5.91 Å². The van der Waals surface area contributed by atoms with Crippen molar-refractivity contribution in [2.75, 3.05) is 11.9 Å². The number of hydrogen-bond acceptors (Lipinski definition) is 6. The summed E-state index contributed by atoms with van der Waals surface area (Å²) in [7, 11) is -4.02. The topological polar surface area (TPSA) is 114 Å². The summed E-state index contributed by atoms with van der Waals surface area (Å²) in [4.78, 5) is 27.2. The molecule has 0 spiro atoms. The lowest BCUT2D eigenvalue weighted by molar-refractivity contribution is -0.136. The van der Waals surface area contributed by atoms with Crippen LogP contribution in [0.4, 0.5) is 18.9 Å². The number of carbonyl (C=O) groups excluding carboxylic acids is 2. The van der Waals surface area contributed by atoms with Crippen molar-refractivity contribution in [1.82, 2.24) is 9.71 Å². The molecule has 1 heterocycles. The van der Waals surface area contributed by atoms with Crippen LogP contribution in [0.5, 0.6) is 5.75 Å². The summed E-state index contributed by atoms with van der Waals surface area (Å²) < 4.78 is 71.0. The zero-order valence-corrected chi connectivity index (χ0v) is 18.0. The summed E-state index contributed by atoms with van der Waals surface area (Å²) >= 11 is 0. The maximum absolute atomic E-state index is 13.2. The molecular weight excluding hydrogens is 463 g/mol. The summed E-state index contributed by atoms with van der Waals surface area (Å²) in [5, 5.41) is 2.59. The fourth-order valence-electron chi connectivity index (χ4n) is 2.84. The van der Waals surface area contributed by atoms with Crippen molar-refractivity contribution in [2.24, 2.45) is 0 Å². The normalized spacial score (nSPS) is 11.8. The molecule has 2 N–H and O–H groups in total. The summed E-state index contributed by atoms with van der Waals surface area (Å²) in [5.74, 6) is -1.23. The molecule has 0 bridgehead atoms. The van der Waals surface area contributed by atoms with Crippen LogP contribution in [0, 0.1) is 0 Å². The first-order valence-electron chi connectivity index (χ1n) is 9.54. The number of hydrogen-bond donors (Lipinski definition) is 2. The minimum Gasteiger partial charge on any atom is -0.483 e. The van der Waals surface area contributed by atoms with Crippen LogP contribution in [0.15, 0.2) is 59.6 Å². The minimum absolute atomic E-state index is 0. The Morgan fingerprint density at radius 1 is 1.06 bits per heavy atom. The molecule has 0 aliphatic heterocycles. The molecule has 0 aliphatic rings.